The van der Waals surface area contributed by atoms with Crippen molar-refractivity contribution < 1.29 is 14.6 Å². The number of aryl methyl sites for hydroxylation is 4. The van der Waals surface area contributed by atoms with Crippen LogP contribution in [0.25, 0.3) is 11.0 Å². The van der Waals surface area contributed by atoms with Crippen LogP contribution in [0.2, 0.25) is 0 Å². The number of ether oxygens (including phenoxy) is 2. The molecule has 5 nitrogen and oxygen atoms in total. The van der Waals surface area contributed by atoms with Crippen molar-refractivity contribution in [3.05, 3.63) is 88.7 Å². The topological polar surface area (TPSA) is 56.5 Å². The van der Waals surface area contributed by atoms with Gasteiger partial charge in [-0.3, -0.25) is 0 Å². The lowest BCUT2D eigenvalue weighted by Crippen LogP contribution is -2.25. The van der Waals surface area contributed by atoms with E-state index in [9.17, 15) is 5.11 Å². The quantitative estimate of drug-likeness (QED) is 0.368. The van der Waals surface area contributed by atoms with Gasteiger partial charge in [-0.15, -0.1) is 0 Å². The number of hydrogen-bond acceptors (Lipinski definition) is 4. The molecule has 0 amide bonds. The summed E-state index contributed by atoms with van der Waals surface area (Å²) in [6.45, 7) is 9.24. The molecular formula is C28H32N2O3. The molecule has 0 fully saturated rings. The maximum atomic E-state index is 10.8. The number of aliphatic hydroxyl groups is 1. The Kier molecular flexibility index (Phi) is 6.99. The van der Waals surface area contributed by atoms with Crippen LogP contribution < -0.4 is 9.47 Å². The van der Waals surface area contributed by atoms with Crippen LogP contribution in [0.4, 0.5) is 0 Å². The first-order valence-electron chi connectivity index (χ1n) is 11.5. The molecule has 1 N–H and O–H groups in total. The maximum Gasteiger partial charge on any atom is 0.148 e. The molecule has 0 aliphatic heterocycles. The highest BCUT2D eigenvalue weighted by Gasteiger charge is 2.16. The first kappa shape index (κ1) is 22.9. The molecule has 0 aliphatic rings. The average Bonchev–Trinajstić information content (AvgIpc) is 3.14. The lowest BCUT2D eigenvalue weighted by atomic mass is 10.1. The molecule has 1 heterocycles. The van der Waals surface area contributed by atoms with E-state index in [2.05, 4.69) is 52.0 Å². The Hall–Kier alpha value is -3.31. The van der Waals surface area contributed by atoms with Crippen LogP contribution in [0, 0.1) is 20.8 Å². The number of rotatable bonds is 9. The lowest BCUT2D eigenvalue weighted by Gasteiger charge is -2.17. The third-order valence-corrected chi connectivity index (χ3v) is 5.85. The predicted octanol–water partition coefficient (Wildman–Crippen LogP) is 5.54. The average molecular weight is 445 g/mol. The number of aliphatic hydroxyl groups excluding tert-OH is 1. The standard InChI is InChI=1S/C28H32N2O3/c1-5-22-10-12-24(13-11-22)32-17-23(31)16-30-26-9-7-6-8-25(26)29-27(30)18-33-28-20(3)14-19(2)15-21(28)4/h6-15,23,31H,5,16-18H2,1-4H3. The van der Waals surface area contributed by atoms with Gasteiger partial charge in [0.1, 0.15) is 36.6 Å². The molecule has 5 heteroatoms. The van der Waals surface area contributed by atoms with Crippen molar-refractivity contribution in [2.24, 2.45) is 0 Å². The second-order valence-corrected chi connectivity index (χ2v) is 8.61. The highest BCUT2D eigenvalue weighted by atomic mass is 16.5. The second kappa shape index (κ2) is 10.1. The van der Waals surface area contributed by atoms with Gasteiger partial charge in [0, 0.05) is 0 Å². The van der Waals surface area contributed by atoms with Crippen LogP contribution in [0.5, 0.6) is 11.5 Å². The Morgan fingerprint density at radius 1 is 0.939 bits per heavy atom. The SMILES string of the molecule is CCc1ccc(OCC(O)Cn2c(COc3c(C)cc(C)cc3C)nc3ccccc32)cc1. The summed E-state index contributed by atoms with van der Waals surface area (Å²) in [6, 6.07) is 20.2. The Morgan fingerprint density at radius 3 is 2.33 bits per heavy atom. The number of fused-ring (bicyclic) bond motifs is 1. The molecule has 0 spiro atoms. The molecule has 4 rings (SSSR count). The van der Waals surface area contributed by atoms with Gasteiger partial charge in [-0.2, -0.15) is 0 Å². The fourth-order valence-electron chi connectivity index (χ4n) is 4.25. The van der Waals surface area contributed by atoms with Crippen LogP contribution in [-0.2, 0) is 19.6 Å². The van der Waals surface area contributed by atoms with Crippen molar-refractivity contribution in [3.8, 4) is 11.5 Å². The molecule has 0 radical (unpaired) electrons. The van der Waals surface area contributed by atoms with E-state index in [0.29, 0.717) is 13.2 Å². The normalized spacial score (nSPS) is 12.2. The first-order valence-corrected chi connectivity index (χ1v) is 11.5. The van der Waals surface area contributed by atoms with E-state index in [-0.39, 0.29) is 6.61 Å². The minimum atomic E-state index is -0.685. The van der Waals surface area contributed by atoms with Crippen molar-refractivity contribution in [2.45, 2.75) is 53.4 Å². The summed E-state index contributed by atoms with van der Waals surface area (Å²) in [7, 11) is 0. The van der Waals surface area contributed by atoms with E-state index in [1.54, 1.807) is 0 Å². The summed E-state index contributed by atoms with van der Waals surface area (Å²) >= 11 is 0. The Bertz CT molecular complexity index is 1200. The summed E-state index contributed by atoms with van der Waals surface area (Å²) in [5, 5.41) is 10.8. The van der Waals surface area contributed by atoms with Crippen molar-refractivity contribution in [1.82, 2.24) is 9.55 Å². The fourth-order valence-corrected chi connectivity index (χ4v) is 4.25. The number of nitrogens with zero attached hydrogens (tertiary/aromatic N) is 2. The highest BCUT2D eigenvalue weighted by Crippen LogP contribution is 2.26. The summed E-state index contributed by atoms with van der Waals surface area (Å²) in [4.78, 5) is 4.78. The van der Waals surface area contributed by atoms with E-state index in [1.807, 2.05) is 41.0 Å². The number of benzene rings is 3. The Morgan fingerprint density at radius 2 is 1.64 bits per heavy atom. The van der Waals surface area contributed by atoms with Crippen LogP contribution in [0.15, 0.2) is 60.7 Å². The van der Waals surface area contributed by atoms with Crippen molar-refractivity contribution >= 4 is 11.0 Å². The number of hydrogen-bond donors (Lipinski definition) is 1. The predicted molar refractivity (Wildman–Crippen MR) is 132 cm³/mol. The number of aromatic nitrogens is 2. The molecular weight excluding hydrogens is 412 g/mol. The fraction of sp³-hybridized carbons (Fsp3) is 0.321. The minimum absolute atomic E-state index is 0.203. The molecule has 4 aromatic rings. The van der Waals surface area contributed by atoms with Crippen LogP contribution in [0.3, 0.4) is 0 Å². The molecule has 0 saturated carbocycles. The van der Waals surface area contributed by atoms with E-state index in [4.69, 9.17) is 14.5 Å². The molecule has 1 atom stereocenters. The van der Waals surface area contributed by atoms with Crippen molar-refractivity contribution in [3.63, 3.8) is 0 Å². The van der Waals surface area contributed by atoms with Crippen LogP contribution >= 0.6 is 0 Å². The van der Waals surface area contributed by atoms with Gasteiger partial charge in [0.25, 0.3) is 0 Å². The van der Waals surface area contributed by atoms with E-state index >= 15 is 0 Å². The highest BCUT2D eigenvalue weighted by molar-refractivity contribution is 5.75. The third kappa shape index (κ3) is 5.37. The monoisotopic (exact) mass is 444 g/mol. The van der Waals surface area contributed by atoms with Crippen molar-refractivity contribution in [1.29, 1.82) is 0 Å². The molecule has 0 aliphatic carbocycles. The number of para-hydroxylation sites is 2. The lowest BCUT2D eigenvalue weighted by molar-refractivity contribution is 0.0917. The summed E-state index contributed by atoms with van der Waals surface area (Å²) < 4.78 is 14.1. The van der Waals surface area contributed by atoms with Crippen molar-refractivity contribution in [2.75, 3.05) is 6.61 Å². The van der Waals surface area contributed by atoms with Gasteiger partial charge in [-0.05, 0) is 68.1 Å². The van der Waals surface area contributed by atoms with Crippen LogP contribution in [0.1, 0.15) is 35.0 Å². The molecule has 172 valence electrons. The molecule has 1 aromatic heterocycles. The zero-order valence-electron chi connectivity index (χ0n) is 19.8. The zero-order chi connectivity index (χ0) is 23.4. The summed E-state index contributed by atoms with van der Waals surface area (Å²) in [6.07, 6.45) is 0.304. The first-order chi connectivity index (χ1) is 15.9. The molecule has 0 saturated heterocycles. The molecule has 0 bridgehead atoms. The van der Waals surface area contributed by atoms with Gasteiger partial charge in [0.2, 0.25) is 0 Å². The molecule has 3 aromatic carbocycles. The van der Waals surface area contributed by atoms with Gasteiger partial charge in [-0.25, -0.2) is 4.98 Å². The van der Waals surface area contributed by atoms with E-state index < -0.39 is 6.10 Å². The third-order valence-electron chi connectivity index (χ3n) is 5.85. The van der Waals surface area contributed by atoms with Gasteiger partial charge < -0.3 is 19.1 Å². The number of imidazole rings is 1. The summed E-state index contributed by atoms with van der Waals surface area (Å²) in [5.74, 6) is 2.43. The van der Waals surface area contributed by atoms with E-state index in [1.165, 1.54) is 11.1 Å². The smallest absolute Gasteiger partial charge is 0.148 e. The largest absolute Gasteiger partial charge is 0.491 e. The summed E-state index contributed by atoms with van der Waals surface area (Å²) in [5.41, 5.74) is 6.56. The second-order valence-electron chi connectivity index (χ2n) is 8.61. The minimum Gasteiger partial charge on any atom is -0.491 e. The Balaban J connectivity index is 1.50. The van der Waals surface area contributed by atoms with Gasteiger partial charge in [0.15, 0.2) is 0 Å². The van der Waals surface area contributed by atoms with Gasteiger partial charge in [0.05, 0.1) is 17.6 Å². The van der Waals surface area contributed by atoms with Crippen LogP contribution in [-0.4, -0.2) is 27.4 Å². The van der Waals surface area contributed by atoms with Gasteiger partial charge in [-0.1, -0.05) is 48.9 Å². The maximum absolute atomic E-state index is 10.8. The molecule has 33 heavy (non-hydrogen) atoms. The van der Waals surface area contributed by atoms with E-state index in [0.717, 1.165) is 45.9 Å². The zero-order valence-corrected chi connectivity index (χ0v) is 19.8. The molecule has 1 unspecified atom stereocenters. The Labute approximate surface area is 195 Å². The van der Waals surface area contributed by atoms with Gasteiger partial charge >= 0.3 is 0 Å².